The molecule has 1 atom stereocenters. The van der Waals surface area contributed by atoms with Gasteiger partial charge >= 0.3 is 0 Å². The molecule has 0 aromatic carbocycles. The second-order valence-electron chi connectivity index (χ2n) is 6.79. The first-order chi connectivity index (χ1) is 10.3. The molecule has 0 aromatic rings. The summed E-state index contributed by atoms with van der Waals surface area (Å²) < 4.78 is 0. The quantitative estimate of drug-likeness (QED) is 0.715. The lowest BCUT2D eigenvalue weighted by Crippen LogP contribution is -2.50. The van der Waals surface area contributed by atoms with Crippen LogP contribution in [-0.4, -0.2) is 72.9 Å². The SMILES string of the molecule is CCCNC(CCO)CN1CCC(N2CCCCC2)CC1. The predicted octanol–water partition coefficient (Wildman–Crippen LogP) is 1.69. The van der Waals surface area contributed by atoms with Crippen molar-refractivity contribution in [1.82, 2.24) is 15.1 Å². The van der Waals surface area contributed by atoms with E-state index in [0.717, 1.165) is 25.6 Å². The second-order valence-corrected chi connectivity index (χ2v) is 6.79. The van der Waals surface area contributed by atoms with Crippen molar-refractivity contribution in [2.45, 2.75) is 64.0 Å². The van der Waals surface area contributed by atoms with E-state index in [-0.39, 0.29) is 0 Å². The van der Waals surface area contributed by atoms with Gasteiger partial charge in [0.15, 0.2) is 0 Å². The molecule has 2 fully saturated rings. The summed E-state index contributed by atoms with van der Waals surface area (Å²) in [6.45, 7) is 9.79. The van der Waals surface area contributed by atoms with E-state index >= 15 is 0 Å². The molecule has 2 aliphatic rings. The number of aliphatic hydroxyl groups excluding tert-OH is 1. The van der Waals surface area contributed by atoms with Gasteiger partial charge in [-0.2, -0.15) is 0 Å². The van der Waals surface area contributed by atoms with E-state index < -0.39 is 0 Å². The van der Waals surface area contributed by atoms with Gasteiger partial charge in [0.25, 0.3) is 0 Å². The van der Waals surface area contributed by atoms with E-state index in [1.807, 2.05) is 0 Å². The van der Waals surface area contributed by atoms with Crippen molar-refractivity contribution in [1.29, 1.82) is 0 Å². The Kier molecular flexibility index (Phi) is 8.01. The number of likely N-dealkylation sites (tertiary alicyclic amines) is 2. The van der Waals surface area contributed by atoms with Crippen molar-refractivity contribution in [2.75, 3.05) is 45.9 Å². The average molecular weight is 297 g/mol. The Morgan fingerprint density at radius 1 is 1.10 bits per heavy atom. The summed E-state index contributed by atoms with van der Waals surface area (Å²) in [7, 11) is 0. The van der Waals surface area contributed by atoms with Gasteiger partial charge < -0.3 is 20.2 Å². The molecule has 0 spiro atoms. The summed E-state index contributed by atoms with van der Waals surface area (Å²) in [5.74, 6) is 0. The highest BCUT2D eigenvalue weighted by atomic mass is 16.3. The highest BCUT2D eigenvalue weighted by Crippen LogP contribution is 2.21. The Labute approximate surface area is 130 Å². The topological polar surface area (TPSA) is 38.7 Å². The molecule has 0 amide bonds. The maximum atomic E-state index is 9.21. The summed E-state index contributed by atoms with van der Waals surface area (Å²) in [5, 5.41) is 12.8. The fourth-order valence-corrected chi connectivity index (χ4v) is 3.82. The lowest BCUT2D eigenvalue weighted by atomic mass is 9.99. The molecule has 2 saturated heterocycles. The molecule has 0 aromatic heterocycles. The Morgan fingerprint density at radius 2 is 1.81 bits per heavy atom. The molecule has 0 radical (unpaired) electrons. The molecule has 4 nitrogen and oxygen atoms in total. The lowest BCUT2D eigenvalue weighted by Gasteiger charge is -2.41. The third kappa shape index (κ3) is 5.85. The van der Waals surface area contributed by atoms with Crippen molar-refractivity contribution in [3.05, 3.63) is 0 Å². The van der Waals surface area contributed by atoms with Crippen LogP contribution in [0.4, 0.5) is 0 Å². The third-order valence-electron chi connectivity index (χ3n) is 5.10. The average Bonchev–Trinajstić information content (AvgIpc) is 2.54. The van der Waals surface area contributed by atoms with Crippen LogP contribution < -0.4 is 5.32 Å². The first kappa shape index (κ1) is 17.2. The molecule has 124 valence electrons. The maximum Gasteiger partial charge on any atom is 0.0446 e. The monoisotopic (exact) mass is 297 g/mol. The van der Waals surface area contributed by atoms with Crippen LogP contribution in [-0.2, 0) is 0 Å². The van der Waals surface area contributed by atoms with Gasteiger partial charge in [-0.1, -0.05) is 13.3 Å². The molecular weight excluding hydrogens is 262 g/mol. The largest absolute Gasteiger partial charge is 0.396 e. The number of nitrogens with zero attached hydrogens (tertiary/aromatic N) is 2. The molecule has 4 heteroatoms. The molecular formula is C17H35N3O. The molecule has 0 aliphatic carbocycles. The zero-order chi connectivity index (χ0) is 14.9. The summed E-state index contributed by atoms with van der Waals surface area (Å²) in [6.07, 6.45) is 8.95. The number of piperidine rings is 2. The predicted molar refractivity (Wildman–Crippen MR) is 88.7 cm³/mol. The van der Waals surface area contributed by atoms with Gasteiger partial charge in [0.1, 0.15) is 0 Å². The van der Waals surface area contributed by atoms with Gasteiger partial charge in [-0.25, -0.2) is 0 Å². The highest BCUT2D eigenvalue weighted by Gasteiger charge is 2.26. The van der Waals surface area contributed by atoms with Crippen LogP contribution in [0.25, 0.3) is 0 Å². The third-order valence-corrected chi connectivity index (χ3v) is 5.10. The van der Waals surface area contributed by atoms with Crippen LogP contribution in [0.5, 0.6) is 0 Å². The van der Waals surface area contributed by atoms with E-state index in [9.17, 15) is 5.11 Å². The minimum absolute atomic E-state index is 0.297. The fraction of sp³-hybridized carbons (Fsp3) is 1.00. The second kappa shape index (κ2) is 9.78. The van der Waals surface area contributed by atoms with Gasteiger partial charge in [-0.3, -0.25) is 0 Å². The summed E-state index contributed by atoms with van der Waals surface area (Å²) in [4.78, 5) is 5.34. The Bertz CT molecular complexity index is 261. The maximum absolute atomic E-state index is 9.21. The molecule has 2 aliphatic heterocycles. The van der Waals surface area contributed by atoms with Gasteiger partial charge in [0.05, 0.1) is 0 Å². The van der Waals surface area contributed by atoms with Crippen LogP contribution in [0.3, 0.4) is 0 Å². The normalized spacial score (nSPS) is 24.3. The number of hydrogen-bond donors (Lipinski definition) is 2. The number of rotatable bonds is 8. The van der Waals surface area contributed by atoms with Crippen LogP contribution >= 0.6 is 0 Å². The molecule has 0 bridgehead atoms. The van der Waals surface area contributed by atoms with Gasteiger partial charge in [-0.15, -0.1) is 0 Å². The summed E-state index contributed by atoms with van der Waals surface area (Å²) in [6, 6.07) is 1.29. The zero-order valence-electron chi connectivity index (χ0n) is 13.9. The number of aliphatic hydroxyl groups is 1. The molecule has 2 N–H and O–H groups in total. The van der Waals surface area contributed by atoms with Gasteiger partial charge in [0.2, 0.25) is 0 Å². The minimum Gasteiger partial charge on any atom is -0.396 e. The van der Waals surface area contributed by atoms with E-state index in [2.05, 4.69) is 22.0 Å². The zero-order valence-corrected chi connectivity index (χ0v) is 13.9. The Hall–Kier alpha value is -0.160. The first-order valence-electron chi connectivity index (χ1n) is 9.14. The Morgan fingerprint density at radius 3 is 2.43 bits per heavy atom. The van der Waals surface area contributed by atoms with E-state index in [4.69, 9.17) is 0 Å². The first-order valence-corrected chi connectivity index (χ1v) is 9.14. The Balaban J connectivity index is 1.69. The van der Waals surface area contributed by atoms with Crippen LogP contribution in [0, 0.1) is 0 Å². The van der Waals surface area contributed by atoms with Crippen LogP contribution in [0.2, 0.25) is 0 Å². The number of nitrogens with one attached hydrogen (secondary N) is 1. The van der Waals surface area contributed by atoms with Crippen molar-refractivity contribution >= 4 is 0 Å². The van der Waals surface area contributed by atoms with E-state index in [1.54, 1.807) is 0 Å². The molecule has 0 saturated carbocycles. The van der Waals surface area contributed by atoms with E-state index in [1.165, 1.54) is 64.7 Å². The lowest BCUT2D eigenvalue weighted by molar-refractivity contribution is 0.0861. The summed E-state index contributed by atoms with van der Waals surface area (Å²) in [5.41, 5.74) is 0. The highest BCUT2D eigenvalue weighted by molar-refractivity contribution is 4.83. The summed E-state index contributed by atoms with van der Waals surface area (Å²) >= 11 is 0. The van der Waals surface area contributed by atoms with Crippen molar-refractivity contribution < 1.29 is 5.11 Å². The van der Waals surface area contributed by atoms with Crippen molar-refractivity contribution in [2.24, 2.45) is 0 Å². The molecule has 2 rings (SSSR count). The van der Waals surface area contributed by atoms with Crippen molar-refractivity contribution in [3.63, 3.8) is 0 Å². The molecule has 2 heterocycles. The van der Waals surface area contributed by atoms with E-state index in [0.29, 0.717) is 12.6 Å². The fourth-order valence-electron chi connectivity index (χ4n) is 3.82. The van der Waals surface area contributed by atoms with Crippen LogP contribution in [0.1, 0.15) is 51.9 Å². The minimum atomic E-state index is 0.297. The van der Waals surface area contributed by atoms with Crippen LogP contribution in [0.15, 0.2) is 0 Å². The standard InChI is InChI=1S/C17H35N3O/c1-2-9-18-16(8-14-21)15-19-12-6-17(7-13-19)20-10-4-3-5-11-20/h16-18,21H,2-15H2,1H3. The van der Waals surface area contributed by atoms with Gasteiger partial charge in [0, 0.05) is 25.2 Å². The smallest absolute Gasteiger partial charge is 0.0446 e. The number of hydrogen-bond acceptors (Lipinski definition) is 4. The molecule has 1 unspecified atom stereocenters. The van der Waals surface area contributed by atoms with Gasteiger partial charge in [-0.05, 0) is 71.2 Å². The van der Waals surface area contributed by atoms with Crippen molar-refractivity contribution in [3.8, 4) is 0 Å². The molecule has 21 heavy (non-hydrogen) atoms.